The van der Waals surface area contributed by atoms with Gasteiger partial charge in [0.05, 0.1) is 5.56 Å². The van der Waals surface area contributed by atoms with Gasteiger partial charge in [0.1, 0.15) is 21.0 Å². The average Bonchev–Trinajstić information content (AvgIpc) is 2.28. The van der Waals surface area contributed by atoms with Gasteiger partial charge in [-0.05, 0) is 39.8 Å². The Bertz CT molecular complexity index is 545. The van der Waals surface area contributed by atoms with Crippen molar-refractivity contribution in [3.05, 3.63) is 40.9 Å². The molecule has 0 aliphatic rings. The van der Waals surface area contributed by atoms with Crippen LogP contribution in [0.2, 0.25) is 0 Å². The second-order valence-corrected chi connectivity index (χ2v) is 5.02. The molecule has 0 saturated heterocycles. The van der Waals surface area contributed by atoms with Crippen LogP contribution in [0.25, 0.3) is 0 Å². The van der Waals surface area contributed by atoms with E-state index >= 15 is 0 Å². The van der Waals surface area contributed by atoms with E-state index in [2.05, 4.69) is 30.9 Å². The van der Waals surface area contributed by atoms with Gasteiger partial charge < -0.3 is 0 Å². The number of hydrogen-bond acceptors (Lipinski definition) is 4. The molecule has 8 heteroatoms. The summed E-state index contributed by atoms with van der Waals surface area (Å²) in [5, 5.41) is 1.04. The van der Waals surface area contributed by atoms with Crippen LogP contribution in [-0.4, -0.2) is 15.0 Å². The predicted octanol–water partition coefficient (Wildman–Crippen LogP) is 3.80. The molecule has 2 aromatic rings. The highest BCUT2D eigenvalue weighted by atomic mass is 79.9. The summed E-state index contributed by atoms with van der Waals surface area (Å²) in [5.41, 5.74) is -0.768. The fraction of sp³-hybridized carbons (Fsp3) is 0.100. The first kappa shape index (κ1) is 13.3. The molecule has 0 saturated carbocycles. The number of alkyl halides is 3. The largest absolute Gasteiger partial charge is 0.417 e. The summed E-state index contributed by atoms with van der Waals surface area (Å²) in [6, 6.07) is 3.96. The fourth-order valence-electron chi connectivity index (χ4n) is 1.09. The summed E-state index contributed by atoms with van der Waals surface area (Å²) < 4.78 is 37.6. The molecule has 0 aliphatic carbocycles. The minimum absolute atomic E-state index is 0.439. The van der Waals surface area contributed by atoms with Gasteiger partial charge in [-0.2, -0.15) is 13.2 Å². The molecule has 2 heterocycles. The van der Waals surface area contributed by atoms with Crippen molar-refractivity contribution in [2.45, 2.75) is 16.2 Å². The lowest BCUT2D eigenvalue weighted by atomic mass is 10.3. The van der Waals surface area contributed by atoms with E-state index < -0.39 is 11.7 Å². The Morgan fingerprint density at radius 3 is 2.39 bits per heavy atom. The van der Waals surface area contributed by atoms with Crippen LogP contribution < -0.4 is 0 Å². The Morgan fingerprint density at radius 2 is 1.83 bits per heavy atom. The molecular weight excluding hydrogens is 331 g/mol. The Kier molecular flexibility index (Phi) is 3.86. The second-order valence-electron chi connectivity index (χ2n) is 3.16. The van der Waals surface area contributed by atoms with Crippen molar-refractivity contribution in [1.29, 1.82) is 0 Å². The first-order valence-electron chi connectivity index (χ1n) is 4.64. The molecule has 3 nitrogen and oxygen atoms in total. The third kappa shape index (κ3) is 3.42. The molecule has 0 N–H and O–H groups in total. The molecule has 0 spiro atoms. The zero-order valence-corrected chi connectivity index (χ0v) is 11.1. The van der Waals surface area contributed by atoms with Crippen LogP contribution in [0.4, 0.5) is 13.2 Å². The van der Waals surface area contributed by atoms with E-state index in [0.717, 1.165) is 24.0 Å². The number of hydrogen-bond donors (Lipinski definition) is 0. The van der Waals surface area contributed by atoms with Gasteiger partial charge in [0.2, 0.25) is 0 Å². The molecular formula is C10H5BrF3N3S. The fourth-order valence-corrected chi connectivity index (χ4v) is 2.27. The maximum Gasteiger partial charge on any atom is 0.417 e. The molecule has 0 fully saturated rings. The van der Waals surface area contributed by atoms with E-state index in [0.29, 0.717) is 14.7 Å². The third-order valence-electron chi connectivity index (χ3n) is 1.88. The average molecular weight is 336 g/mol. The maximum atomic E-state index is 12.3. The number of aromatic nitrogens is 3. The van der Waals surface area contributed by atoms with Crippen molar-refractivity contribution >= 4 is 27.7 Å². The van der Waals surface area contributed by atoms with E-state index in [-0.39, 0.29) is 0 Å². The summed E-state index contributed by atoms with van der Waals surface area (Å²) >= 11 is 4.34. The molecule has 94 valence electrons. The maximum absolute atomic E-state index is 12.3. The van der Waals surface area contributed by atoms with Crippen LogP contribution in [0.15, 0.2) is 45.4 Å². The van der Waals surface area contributed by atoms with Crippen molar-refractivity contribution in [3.8, 4) is 0 Å². The summed E-state index contributed by atoms with van der Waals surface area (Å²) in [7, 11) is 0. The lowest BCUT2D eigenvalue weighted by Gasteiger charge is -2.06. The first-order chi connectivity index (χ1) is 8.45. The SMILES string of the molecule is FC(F)(F)c1ccc(Sc2cc(Br)ncn2)nc1. The number of rotatable bonds is 2. The van der Waals surface area contributed by atoms with E-state index in [9.17, 15) is 13.2 Å². The molecule has 0 amide bonds. The van der Waals surface area contributed by atoms with Crippen molar-refractivity contribution in [3.63, 3.8) is 0 Å². The first-order valence-corrected chi connectivity index (χ1v) is 6.25. The third-order valence-corrected chi connectivity index (χ3v) is 3.20. The molecule has 0 aromatic carbocycles. The quantitative estimate of drug-likeness (QED) is 0.782. The molecule has 2 rings (SSSR count). The van der Waals surface area contributed by atoms with Gasteiger partial charge in [-0.25, -0.2) is 15.0 Å². The highest BCUT2D eigenvalue weighted by Crippen LogP contribution is 2.31. The topological polar surface area (TPSA) is 38.7 Å². The molecule has 2 aromatic heterocycles. The zero-order valence-electron chi connectivity index (χ0n) is 8.65. The molecule has 18 heavy (non-hydrogen) atoms. The number of nitrogens with zero attached hydrogens (tertiary/aromatic N) is 3. The van der Waals surface area contributed by atoms with Crippen molar-refractivity contribution in [1.82, 2.24) is 15.0 Å². The Labute approximate surface area is 113 Å². The standard InChI is InChI=1S/C10H5BrF3N3S/c11-7-3-9(17-5-16-7)18-8-2-1-6(4-15-8)10(12,13)14/h1-5H. The van der Waals surface area contributed by atoms with Crippen LogP contribution in [-0.2, 0) is 6.18 Å². The summed E-state index contributed by atoms with van der Waals surface area (Å²) in [6.07, 6.45) is -2.21. The highest BCUT2D eigenvalue weighted by Gasteiger charge is 2.30. The van der Waals surface area contributed by atoms with Gasteiger partial charge in [-0.3, -0.25) is 0 Å². The minimum atomic E-state index is -4.37. The van der Waals surface area contributed by atoms with Crippen LogP contribution in [0.1, 0.15) is 5.56 Å². The van der Waals surface area contributed by atoms with Gasteiger partial charge in [0, 0.05) is 12.3 Å². The Hall–Kier alpha value is -1.15. The van der Waals surface area contributed by atoms with Crippen molar-refractivity contribution < 1.29 is 13.2 Å². The van der Waals surface area contributed by atoms with Crippen molar-refractivity contribution in [2.24, 2.45) is 0 Å². The lowest BCUT2D eigenvalue weighted by molar-refractivity contribution is -0.137. The van der Waals surface area contributed by atoms with Crippen LogP contribution in [0.3, 0.4) is 0 Å². The van der Waals surface area contributed by atoms with Gasteiger partial charge in [-0.1, -0.05) is 0 Å². The van der Waals surface area contributed by atoms with E-state index in [4.69, 9.17) is 0 Å². The molecule has 0 unspecified atom stereocenters. The van der Waals surface area contributed by atoms with Crippen LogP contribution >= 0.6 is 27.7 Å². The molecule has 0 atom stereocenters. The second kappa shape index (κ2) is 5.23. The highest BCUT2D eigenvalue weighted by molar-refractivity contribution is 9.10. The molecule has 0 bridgehead atoms. The summed E-state index contributed by atoms with van der Waals surface area (Å²) in [5.74, 6) is 0. The number of halogens is 4. The van der Waals surface area contributed by atoms with Crippen LogP contribution in [0, 0.1) is 0 Å². The van der Waals surface area contributed by atoms with Crippen LogP contribution in [0.5, 0.6) is 0 Å². The monoisotopic (exact) mass is 335 g/mol. The normalized spacial score (nSPS) is 11.6. The lowest BCUT2D eigenvalue weighted by Crippen LogP contribution is -2.05. The molecule has 0 radical (unpaired) electrons. The van der Waals surface area contributed by atoms with Gasteiger partial charge in [0.25, 0.3) is 0 Å². The summed E-state index contributed by atoms with van der Waals surface area (Å²) in [6.45, 7) is 0. The molecule has 0 aliphatic heterocycles. The minimum Gasteiger partial charge on any atom is -0.249 e. The van der Waals surface area contributed by atoms with Gasteiger partial charge >= 0.3 is 6.18 Å². The van der Waals surface area contributed by atoms with E-state index in [1.165, 1.54) is 12.4 Å². The number of pyridine rings is 1. The van der Waals surface area contributed by atoms with Crippen molar-refractivity contribution in [2.75, 3.05) is 0 Å². The predicted molar refractivity (Wildman–Crippen MR) is 63.1 cm³/mol. The van der Waals surface area contributed by atoms with E-state index in [1.54, 1.807) is 6.07 Å². The Balaban J connectivity index is 2.16. The smallest absolute Gasteiger partial charge is 0.249 e. The van der Waals surface area contributed by atoms with E-state index in [1.807, 2.05) is 0 Å². The van der Waals surface area contributed by atoms with Gasteiger partial charge in [-0.15, -0.1) is 0 Å². The Morgan fingerprint density at radius 1 is 1.06 bits per heavy atom. The summed E-state index contributed by atoms with van der Waals surface area (Å²) in [4.78, 5) is 11.6. The van der Waals surface area contributed by atoms with Gasteiger partial charge in [0.15, 0.2) is 0 Å². The zero-order chi connectivity index (χ0) is 13.2.